The first-order chi connectivity index (χ1) is 5.34. The molecule has 2 atom stereocenters. The average Bonchev–Trinajstić information content (AvgIpc) is 2.03. The summed E-state index contributed by atoms with van der Waals surface area (Å²) in [6, 6.07) is 0.287. The Morgan fingerprint density at radius 1 is 1.36 bits per heavy atom. The summed E-state index contributed by atoms with van der Waals surface area (Å²) in [5, 5.41) is 8.42. The molecular weight excluding hydrogens is 142 g/mol. The van der Waals surface area contributed by atoms with Gasteiger partial charge in [0, 0.05) is 6.04 Å². The minimum atomic E-state index is -0.177. The largest absolute Gasteiger partial charge is 0.371 e. The molecule has 0 radical (unpaired) electrons. The number of nitrogens with two attached hydrogens (primary N) is 1. The fourth-order valence-corrected chi connectivity index (χ4v) is 1.65. The molecule has 0 aliphatic heterocycles. The molecule has 0 amide bonds. The Morgan fingerprint density at radius 3 is 2.73 bits per heavy atom. The van der Waals surface area contributed by atoms with E-state index in [-0.39, 0.29) is 12.8 Å². The summed E-state index contributed by atoms with van der Waals surface area (Å²) in [5.41, 5.74) is 5.86. The highest BCUT2D eigenvalue weighted by Crippen LogP contribution is 2.22. The fourth-order valence-electron chi connectivity index (χ4n) is 1.65. The maximum atomic E-state index is 8.42. The molecule has 3 heteroatoms. The van der Waals surface area contributed by atoms with Crippen molar-refractivity contribution in [3.63, 3.8) is 0 Å². The van der Waals surface area contributed by atoms with Crippen LogP contribution in [0.3, 0.4) is 0 Å². The van der Waals surface area contributed by atoms with Crippen LogP contribution in [-0.2, 0) is 4.74 Å². The summed E-state index contributed by atoms with van der Waals surface area (Å²) in [6.07, 6.45) is 4.77. The van der Waals surface area contributed by atoms with Gasteiger partial charge in [0.05, 0.1) is 6.61 Å². The molecule has 1 aliphatic carbocycles. The Balaban J connectivity index is 2.18. The van der Waals surface area contributed by atoms with Gasteiger partial charge in [-0.15, -0.1) is 0 Å². The molecule has 3 N–H and O–H groups in total. The Bertz CT molecular complexity index is 108. The topological polar surface area (TPSA) is 55.5 Å². The molecule has 0 bridgehead atoms. The summed E-state index contributed by atoms with van der Waals surface area (Å²) < 4.78 is 4.92. The van der Waals surface area contributed by atoms with Gasteiger partial charge >= 0.3 is 0 Å². The number of hydrogen-bond donors (Lipinski definition) is 2. The van der Waals surface area contributed by atoms with Crippen LogP contribution in [0.4, 0.5) is 0 Å². The second kappa shape index (κ2) is 4.70. The van der Waals surface area contributed by atoms with Gasteiger partial charge in [0.15, 0.2) is 0 Å². The smallest absolute Gasteiger partial charge is 0.143 e. The Kier molecular flexibility index (Phi) is 3.83. The molecule has 2 unspecified atom stereocenters. The van der Waals surface area contributed by atoms with Crippen molar-refractivity contribution in [2.45, 2.75) is 31.7 Å². The van der Waals surface area contributed by atoms with Crippen LogP contribution in [0.1, 0.15) is 25.7 Å². The van der Waals surface area contributed by atoms with Crippen molar-refractivity contribution in [1.29, 1.82) is 0 Å². The fraction of sp³-hybridized carbons (Fsp3) is 1.00. The zero-order valence-electron chi connectivity index (χ0n) is 6.83. The monoisotopic (exact) mass is 159 g/mol. The van der Waals surface area contributed by atoms with Gasteiger partial charge in [-0.3, -0.25) is 0 Å². The van der Waals surface area contributed by atoms with E-state index in [1.807, 2.05) is 0 Å². The minimum Gasteiger partial charge on any atom is -0.371 e. The van der Waals surface area contributed by atoms with Gasteiger partial charge in [-0.05, 0) is 18.8 Å². The highest BCUT2D eigenvalue weighted by molar-refractivity contribution is 4.77. The molecule has 66 valence electrons. The predicted octanol–water partition coefficient (Wildman–Crippen LogP) is 0.470. The minimum absolute atomic E-state index is 0.177. The van der Waals surface area contributed by atoms with E-state index in [0.717, 1.165) is 12.8 Å². The van der Waals surface area contributed by atoms with Crippen molar-refractivity contribution in [3.05, 3.63) is 0 Å². The predicted molar refractivity (Wildman–Crippen MR) is 43.0 cm³/mol. The highest BCUT2D eigenvalue weighted by atomic mass is 16.6. The van der Waals surface area contributed by atoms with Crippen LogP contribution < -0.4 is 5.73 Å². The molecular formula is C8H17NO2. The van der Waals surface area contributed by atoms with Crippen molar-refractivity contribution in [3.8, 4) is 0 Å². The molecule has 1 fully saturated rings. The van der Waals surface area contributed by atoms with Crippen molar-refractivity contribution in [2.24, 2.45) is 11.7 Å². The normalized spacial score (nSPS) is 32.2. The lowest BCUT2D eigenvalue weighted by Crippen LogP contribution is -2.35. The first kappa shape index (κ1) is 8.97. The Labute approximate surface area is 67.5 Å². The molecule has 1 saturated carbocycles. The van der Waals surface area contributed by atoms with Crippen LogP contribution in [0.5, 0.6) is 0 Å². The van der Waals surface area contributed by atoms with Crippen molar-refractivity contribution in [2.75, 3.05) is 13.4 Å². The van der Waals surface area contributed by atoms with Gasteiger partial charge in [0.1, 0.15) is 6.79 Å². The number of ether oxygens (including phenoxy) is 1. The average molecular weight is 159 g/mol. The standard InChI is InChI=1S/C8H17NO2/c9-8-4-2-1-3-7(8)5-11-6-10/h7-8,10H,1-6,9H2. The molecule has 1 aliphatic rings. The molecule has 1 rings (SSSR count). The first-order valence-electron chi connectivity index (χ1n) is 4.28. The molecule has 3 nitrogen and oxygen atoms in total. The summed E-state index contributed by atoms with van der Waals surface area (Å²) in [7, 11) is 0. The number of aliphatic hydroxyl groups excluding tert-OH is 1. The molecule has 0 saturated heterocycles. The zero-order chi connectivity index (χ0) is 8.10. The third kappa shape index (κ3) is 2.77. The number of aliphatic hydroxyl groups is 1. The van der Waals surface area contributed by atoms with E-state index >= 15 is 0 Å². The Hall–Kier alpha value is -0.120. The third-order valence-electron chi connectivity index (χ3n) is 2.39. The SMILES string of the molecule is NC1CCCCC1COCO. The van der Waals surface area contributed by atoms with Crippen LogP contribution in [-0.4, -0.2) is 24.5 Å². The van der Waals surface area contributed by atoms with Crippen molar-refractivity contribution < 1.29 is 9.84 Å². The lowest BCUT2D eigenvalue weighted by molar-refractivity contribution is -0.0253. The van der Waals surface area contributed by atoms with Gasteiger partial charge < -0.3 is 15.6 Å². The zero-order valence-corrected chi connectivity index (χ0v) is 6.83. The van der Waals surface area contributed by atoms with Gasteiger partial charge in [-0.25, -0.2) is 0 Å². The summed E-state index contributed by atoms with van der Waals surface area (Å²) in [4.78, 5) is 0. The number of hydrogen-bond acceptors (Lipinski definition) is 3. The summed E-state index contributed by atoms with van der Waals surface area (Å²) >= 11 is 0. The maximum Gasteiger partial charge on any atom is 0.143 e. The second-order valence-corrected chi connectivity index (χ2v) is 3.21. The summed E-state index contributed by atoms with van der Waals surface area (Å²) in [6.45, 7) is 0.445. The molecule has 11 heavy (non-hydrogen) atoms. The lowest BCUT2D eigenvalue weighted by atomic mass is 9.86. The van der Waals surface area contributed by atoms with Crippen LogP contribution in [0.2, 0.25) is 0 Å². The van der Waals surface area contributed by atoms with Gasteiger partial charge in [-0.1, -0.05) is 12.8 Å². The van der Waals surface area contributed by atoms with E-state index < -0.39 is 0 Å². The molecule has 0 aromatic heterocycles. The molecule has 0 heterocycles. The van der Waals surface area contributed by atoms with Crippen LogP contribution >= 0.6 is 0 Å². The van der Waals surface area contributed by atoms with Crippen LogP contribution in [0.15, 0.2) is 0 Å². The van der Waals surface area contributed by atoms with Gasteiger partial charge in [0.25, 0.3) is 0 Å². The first-order valence-corrected chi connectivity index (χ1v) is 4.28. The van der Waals surface area contributed by atoms with E-state index in [2.05, 4.69) is 0 Å². The molecule has 0 aromatic rings. The highest BCUT2D eigenvalue weighted by Gasteiger charge is 2.21. The van der Waals surface area contributed by atoms with E-state index in [0.29, 0.717) is 12.5 Å². The quantitative estimate of drug-likeness (QED) is 0.588. The second-order valence-electron chi connectivity index (χ2n) is 3.21. The van der Waals surface area contributed by atoms with Gasteiger partial charge in [-0.2, -0.15) is 0 Å². The number of rotatable bonds is 3. The molecule has 0 aromatic carbocycles. The third-order valence-corrected chi connectivity index (χ3v) is 2.39. The van der Waals surface area contributed by atoms with E-state index in [1.54, 1.807) is 0 Å². The maximum absolute atomic E-state index is 8.42. The van der Waals surface area contributed by atoms with Gasteiger partial charge in [0.2, 0.25) is 0 Å². The lowest BCUT2D eigenvalue weighted by Gasteiger charge is -2.27. The van der Waals surface area contributed by atoms with Crippen LogP contribution in [0.25, 0.3) is 0 Å². The van der Waals surface area contributed by atoms with Crippen molar-refractivity contribution >= 4 is 0 Å². The molecule has 0 spiro atoms. The van der Waals surface area contributed by atoms with E-state index in [1.165, 1.54) is 12.8 Å². The summed E-state index contributed by atoms with van der Waals surface area (Å²) in [5.74, 6) is 0.468. The van der Waals surface area contributed by atoms with E-state index in [4.69, 9.17) is 15.6 Å². The van der Waals surface area contributed by atoms with Crippen LogP contribution in [0, 0.1) is 5.92 Å². The van der Waals surface area contributed by atoms with E-state index in [9.17, 15) is 0 Å². The van der Waals surface area contributed by atoms with Crippen molar-refractivity contribution in [1.82, 2.24) is 0 Å². The Morgan fingerprint density at radius 2 is 2.09 bits per heavy atom.